The molecule has 2 aromatic heterocycles. The summed E-state index contributed by atoms with van der Waals surface area (Å²) in [6.45, 7) is 0. The van der Waals surface area contributed by atoms with Gasteiger partial charge in [0.25, 0.3) is 0 Å². The lowest BCUT2D eigenvalue weighted by Crippen LogP contribution is -2.10. The fraction of sp³-hybridized carbons (Fsp3) is 0. The van der Waals surface area contributed by atoms with Crippen LogP contribution in [0.4, 0.5) is 17.1 Å². The maximum atomic E-state index is 6.80. The summed E-state index contributed by atoms with van der Waals surface area (Å²) in [5, 5.41) is 6.73. The van der Waals surface area contributed by atoms with Gasteiger partial charge in [-0.05, 0) is 99.3 Å². The van der Waals surface area contributed by atoms with Crippen molar-refractivity contribution in [3.63, 3.8) is 0 Å². The van der Waals surface area contributed by atoms with E-state index in [2.05, 4.69) is 187 Å². The van der Waals surface area contributed by atoms with Gasteiger partial charge < -0.3 is 13.7 Å². The minimum Gasteiger partial charge on any atom is -0.456 e. The first-order chi connectivity index (χ1) is 27.2. The van der Waals surface area contributed by atoms with Gasteiger partial charge >= 0.3 is 0 Å². The number of anilines is 3. The van der Waals surface area contributed by atoms with Gasteiger partial charge in [0.05, 0.1) is 11.1 Å². The van der Waals surface area contributed by atoms with Crippen molar-refractivity contribution in [3.8, 4) is 33.4 Å². The summed E-state index contributed by atoms with van der Waals surface area (Å²) in [7, 11) is 0. The predicted molar refractivity (Wildman–Crippen MR) is 229 cm³/mol. The van der Waals surface area contributed by atoms with Crippen molar-refractivity contribution in [3.05, 3.63) is 200 Å². The van der Waals surface area contributed by atoms with Gasteiger partial charge in [0.15, 0.2) is 0 Å². The van der Waals surface area contributed by atoms with Crippen LogP contribution in [0.5, 0.6) is 0 Å². The Labute approximate surface area is 317 Å². The quantitative estimate of drug-likeness (QED) is 0.173. The maximum absolute atomic E-state index is 6.80. The summed E-state index contributed by atoms with van der Waals surface area (Å²) in [5.41, 5.74) is 13.5. The Hall–Kier alpha value is -7.36. The topological polar surface area (TPSA) is 29.5 Å². The molecule has 0 aliphatic rings. The molecule has 0 radical (unpaired) electrons. The third-order valence-electron chi connectivity index (χ3n) is 10.9. The second kappa shape index (κ2) is 12.6. The normalized spacial score (nSPS) is 11.6. The summed E-state index contributed by atoms with van der Waals surface area (Å²) in [6.07, 6.45) is 0. The first-order valence-electron chi connectivity index (χ1n) is 18.7. The molecule has 0 fully saturated rings. The Balaban J connectivity index is 1.10. The number of nitrogens with zero attached hydrogens (tertiary/aromatic N) is 1. The number of benzene rings is 9. The van der Waals surface area contributed by atoms with Crippen molar-refractivity contribution < 1.29 is 8.83 Å². The molecule has 0 N–H and O–H groups in total. The van der Waals surface area contributed by atoms with E-state index in [0.717, 1.165) is 77.6 Å². The molecule has 258 valence electrons. The van der Waals surface area contributed by atoms with Crippen LogP contribution < -0.4 is 4.90 Å². The summed E-state index contributed by atoms with van der Waals surface area (Å²) >= 11 is 0. The van der Waals surface area contributed by atoms with Crippen molar-refractivity contribution in [2.75, 3.05) is 4.90 Å². The van der Waals surface area contributed by atoms with Crippen LogP contribution in [0.25, 0.3) is 88.0 Å². The van der Waals surface area contributed by atoms with E-state index in [1.165, 1.54) is 27.5 Å². The average Bonchev–Trinajstić information content (AvgIpc) is 3.83. The van der Waals surface area contributed by atoms with E-state index >= 15 is 0 Å². The lowest BCUT2D eigenvalue weighted by atomic mass is 9.97. The number of hydrogen-bond acceptors (Lipinski definition) is 3. The summed E-state index contributed by atoms with van der Waals surface area (Å²) < 4.78 is 13.1. The zero-order chi connectivity index (χ0) is 36.3. The average molecular weight is 704 g/mol. The standard InChI is InChI=1S/C52H33NO2/c1-2-10-34(11-3-1)36-18-20-37(21-19-36)38-24-26-41(27-25-38)53(42-28-31-50-46(33-42)44-14-6-8-16-48(44)54-50)47-30-29-43(40-23-22-35-12-4-5-13-39(35)32-40)52-51(47)45-15-7-9-17-49(45)55-52/h1-33H. The monoisotopic (exact) mass is 703 g/mol. The first kappa shape index (κ1) is 31.2. The van der Waals surface area contributed by atoms with Crippen LogP contribution in [-0.4, -0.2) is 0 Å². The molecule has 0 aliphatic carbocycles. The van der Waals surface area contributed by atoms with Crippen molar-refractivity contribution in [2.24, 2.45) is 0 Å². The van der Waals surface area contributed by atoms with E-state index in [9.17, 15) is 0 Å². The van der Waals surface area contributed by atoms with E-state index < -0.39 is 0 Å². The van der Waals surface area contributed by atoms with Gasteiger partial charge in [-0.15, -0.1) is 0 Å². The van der Waals surface area contributed by atoms with E-state index in [0.29, 0.717) is 0 Å². The minimum absolute atomic E-state index is 0.859. The Morgan fingerprint density at radius 1 is 0.327 bits per heavy atom. The number of fused-ring (bicyclic) bond motifs is 7. The van der Waals surface area contributed by atoms with Crippen LogP contribution in [-0.2, 0) is 0 Å². The highest BCUT2D eigenvalue weighted by molar-refractivity contribution is 6.17. The molecule has 0 atom stereocenters. The second-order valence-electron chi connectivity index (χ2n) is 14.1. The van der Waals surface area contributed by atoms with Crippen LogP contribution in [0, 0.1) is 0 Å². The van der Waals surface area contributed by atoms with E-state index in [4.69, 9.17) is 8.83 Å². The summed E-state index contributed by atoms with van der Waals surface area (Å²) in [4.78, 5) is 2.36. The SMILES string of the molecule is c1ccc(-c2ccc(-c3ccc(N(c4ccc5oc6ccccc6c5c4)c4ccc(-c5ccc6ccccc6c5)c5oc6ccccc6c45)cc3)cc2)cc1. The zero-order valence-electron chi connectivity index (χ0n) is 29.8. The number of rotatable bonds is 6. The molecule has 0 spiro atoms. The number of hydrogen-bond donors (Lipinski definition) is 0. The molecule has 55 heavy (non-hydrogen) atoms. The Kier molecular flexibility index (Phi) is 7.17. The van der Waals surface area contributed by atoms with Crippen molar-refractivity contribution >= 4 is 71.7 Å². The number of para-hydroxylation sites is 2. The highest BCUT2D eigenvalue weighted by atomic mass is 16.3. The molecule has 0 aliphatic heterocycles. The van der Waals surface area contributed by atoms with Crippen molar-refractivity contribution in [1.29, 1.82) is 0 Å². The largest absolute Gasteiger partial charge is 0.456 e. The molecule has 0 saturated heterocycles. The van der Waals surface area contributed by atoms with Gasteiger partial charge in [0.2, 0.25) is 0 Å². The summed E-state index contributed by atoms with van der Waals surface area (Å²) in [5.74, 6) is 0. The molecule has 0 unspecified atom stereocenters. The first-order valence-corrected chi connectivity index (χ1v) is 18.7. The van der Waals surface area contributed by atoms with Gasteiger partial charge in [0.1, 0.15) is 22.3 Å². The third-order valence-corrected chi connectivity index (χ3v) is 10.9. The number of furan rings is 2. The minimum atomic E-state index is 0.859. The van der Waals surface area contributed by atoms with Gasteiger partial charge in [-0.2, -0.15) is 0 Å². The fourth-order valence-corrected chi connectivity index (χ4v) is 8.15. The Morgan fingerprint density at radius 2 is 0.891 bits per heavy atom. The second-order valence-corrected chi connectivity index (χ2v) is 14.1. The molecule has 9 aromatic carbocycles. The lowest BCUT2D eigenvalue weighted by molar-refractivity contribution is 0.669. The van der Waals surface area contributed by atoms with Gasteiger partial charge in [0, 0.05) is 33.1 Å². The van der Waals surface area contributed by atoms with Crippen LogP contribution in [0.15, 0.2) is 209 Å². The highest BCUT2D eigenvalue weighted by Gasteiger charge is 2.23. The Bertz CT molecular complexity index is 3190. The van der Waals surface area contributed by atoms with Crippen molar-refractivity contribution in [2.45, 2.75) is 0 Å². The van der Waals surface area contributed by atoms with Gasteiger partial charge in [-0.25, -0.2) is 0 Å². The molecule has 0 saturated carbocycles. The maximum Gasteiger partial charge on any atom is 0.145 e. The van der Waals surface area contributed by atoms with Crippen LogP contribution in [0.1, 0.15) is 0 Å². The molecule has 0 bridgehead atoms. The molecule has 2 heterocycles. The molecular formula is C52H33NO2. The molecular weight excluding hydrogens is 671 g/mol. The molecule has 11 aromatic rings. The van der Waals surface area contributed by atoms with Gasteiger partial charge in [-0.3, -0.25) is 0 Å². The van der Waals surface area contributed by atoms with Gasteiger partial charge in [-0.1, -0.05) is 140 Å². The smallest absolute Gasteiger partial charge is 0.145 e. The van der Waals surface area contributed by atoms with E-state index in [1.54, 1.807) is 0 Å². The zero-order valence-corrected chi connectivity index (χ0v) is 29.8. The molecule has 11 rings (SSSR count). The van der Waals surface area contributed by atoms with Crippen LogP contribution >= 0.6 is 0 Å². The molecule has 0 amide bonds. The molecule has 3 nitrogen and oxygen atoms in total. The predicted octanol–water partition coefficient (Wildman–Crippen LogP) is 15.1. The summed E-state index contributed by atoms with van der Waals surface area (Å²) in [6, 6.07) is 71.0. The van der Waals surface area contributed by atoms with E-state index in [-0.39, 0.29) is 0 Å². The highest BCUT2D eigenvalue weighted by Crippen LogP contribution is 2.47. The van der Waals surface area contributed by atoms with E-state index in [1.807, 2.05) is 18.2 Å². The fourth-order valence-electron chi connectivity index (χ4n) is 8.15. The van der Waals surface area contributed by atoms with Crippen LogP contribution in [0.3, 0.4) is 0 Å². The lowest BCUT2D eigenvalue weighted by Gasteiger charge is -2.27. The Morgan fingerprint density at radius 3 is 1.65 bits per heavy atom. The van der Waals surface area contributed by atoms with Crippen molar-refractivity contribution in [1.82, 2.24) is 0 Å². The van der Waals surface area contributed by atoms with Crippen LogP contribution in [0.2, 0.25) is 0 Å². The molecule has 3 heteroatoms. The third kappa shape index (κ3) is 5.28.